The maximum absolute atomic E-state index is 13.3. The highest BCUT2D eigenvalue weighted by Crippen LogP contribution is 2.26. The molecule has 1 aliphatic rings. The summed E-state index contributed by atoms with van der Waals surface area (Å²) in [6.07, 6.45) is 1.54. The molecule has 1 fully saturated rings. The molecule has 3 aromatic rings. The van der Waals surface area contributed by atoms with Gasteiger partial charge in [0.15, 0.2) is 0 Å². The van der Waals surface area contributed by atoms with Gasteiger partial charge in [-0.1, -0.05) is 16.8 Å². The van der Waals surface area contributed by atoms with Gasteiger partial charge in [0.2, 0.25) is 0 Å². The molecule has 0 saturated carbocycles. The third kappa shape index (κ3) is 3.35. The second-order valence-corrected chi connectivity index (χ2v) is 6.76. The molecule has 0 atom stereocenters. The van der Waals surface area contributed by atoms with Crippen LogP contribution in [0.25, 0.3) is 11.0 Å². The summed E-state index contributed by atoms with van der Waals surface area (Å²) in [6.45, 7) is 1.24. The third-order valence-corrected chi connectivity index (χ3v) is 4.88. The fraction of sp³-hybridized carbons (Fsp3) is 0.278. The average molecular weight is 374 g/mol. The van der Waals surface area contributed by atoms with E-state index in [1.54, 1.807) is 35.2 Å². The van der Waals surface area contributed by atoms with E-state index in [1.165, 1.54) is 12.1 Å². The SMILES string of the molecule is O=C(Nc1ccc(Cl)cc1)N1CCC(n2nnc3cc(F)ccc32)CC1. The molecule has 0 spiro atoms. The second kappa shape index (κ2) is 6.92. The maximum atomic E-state index is 13.3. The smallest absolute Gasteiger partial charge is 0.321 e. The van der Waals surface area contributed by atoms with Gasteiger partial charge in [-0.15, -0.1) is 5.10 Å². The summed E-state index contributed by atoms with van der Waals surface area (Å²) in [6, 6.07) is 11.5. The number of hydrogen-bond donors (Lipinski definition) is 1. The molecule has 8 heteroatoms. The van der Waals surface area contributed by atoms with E-state index < -0.39 is 0 Å². The first-order valence-corrected chi connectivity index (χ1v) is 8.80. The number of aromatic nitrogens is 3. The topological polar surface area (TPSA) is 63.1 Å². The fourth-order valence-electron chi connectivity index (χ4n) is 3.23. The zero-order valence-electron chi connectivity index (χ0n) is 13.9. The summed E-state index contributed by atoms with van der Waals surface area (Å²) in [7, 11) is 0. The summed E-state index contributed by atoms with van der Waals surface area (Å²) in [5.74, 6) is -0.321. The van der Waals surface area contributed by atoms with Crippen molar-refractivity contribution in [2.75, 3.05) is 18.4 Å². The molecular formula is C18H17ClFN5O. The molecule has 4 rings (SSSR count). The van der Waals surface area contributed by atoms with Gasteiger partial charge in [0.25, 0.3) is 0 Å². The van der Waals surface area contributed by atoms with Crippen molar-refractivity contribution in [2.45, 2.75) is 18.9 Å². The lowest BCUT2D eigenvalue weighted by atomic mass is 10.1. The van der Waals surface area contributed by atoms with Crippen LogP contribution < -0.4 is 5.32 Å². The van der Waals surface area contributed by atoms with Gasteiger partial charge >= 0.3 is 6.03 Å². The Morgan fingerprint density at radius 2 is 1.88 bits per heavy atom. The van der Waals surface area contributed by atoms with Crippen molar-refractivity contribution in [1.29, 1.82) is 0 Å². The average Bonchev–Trinajstić information content (AvgIpc) is 3.06. The maximum Gasteiger partial charge on any atom is 0.321 e. The highest BCUT2D eigenvalue weighted by Gasteiger charge is 2.25. The van der Waals surface area contributed by atoms with E-state index in [1.807, 2.05) is 4.68 Å². The zero-order valence-corrected chi connectivity index (χ0v) is 14.7. The van der Waals surface area contributed by atoms with Crippen LogP contribution in [0.5, 0.6) is 0 Å². The van der Waals surface area contributed by atoms with Crippen LogP contribution >= 0.6 is 11.6 Å². The van der Waals surface area contributed by atoms with Gasteiger partial charge in [-0.3, -0.25) is 0 Å². The predicted octanol–water partition coefficient (Wildman–Crippen LogP) is 4.09. The number of fused-ring (bicyclic) bond motifs is 1. The number of benzene rings is 2. The van der Waals surface area contributed by atoms with Crippen molar-refractivity contribution in [3.63, 3.8) is 0 Å². The van der Waals surface area contributed by atoms with E-state index in [4.69, 9.17) is 11.6 Å². The standard InChI is InChI=1S/C18H17ClFN5O/c19-12-1-4-14(5-2-12)21-18(26)24-9-7-15(8-10-24)25-17-6-3-13(20)11-16(17)22-23-25/h1-6,11,15H,7-10H2,(H,21,26). The fourth-order valence-corrected chi connectivity index (χ4v) is 3.36. The molecule has 2 heterocycles. The third-order valence-electron chi connectivity index (χ3n) is 4.63. The predicted molar refractivity (Wildman–Crippen MR) is 97.8 cm³/mol. The van der Waals surface area contributed by atoms with Gasteiger partial charge in [-0.25, -0.2) is 13.9 Å². The van der Waals surface area contributed by atoms with E-state index in [0.717, 1.165) is 18.4 Å². The minimum Gasteiger partial charge on any atom is -0.324 e. The van der Waals surface area contributed by atoms with E-state index in [2.05, 4.69) is 15.6 Å². The normalized spacial score (nSPS) is 15.4. The number of piperidine rings is 1. The summed E-state index contributed by atoms with van der Waals surface area (Å²) in [5.41, 5.74) is 2.08. The number of carbonyl (C=O) groups is 1. The van der Waals surface area contributed by atoms with Crippen LogP contribution in [0.4, 0.5) is 14.9 Å². The van der Waals surface area contributed by atoms with E-state index >= 15 is 0 Å². The number of anilines is 1. The van der Waals surface area contributed by atoms with Crippen LogP contribution in [0, 0.1) is 5.82 Å². The highest BCUT2D eigenvalue weighted by molar-refractivity contribution is 6.30. The van der Waals surface area contributed by atoms with Crippen molar-refractivity contribution in [3.05, 3.63) is 53.3 Å². The Bertz CT molecular complexity index is 934. The van der Waals surface area contributed by atoms with E-state index in [-0.39, 0.29) is 17.9 Å². The Hall–Kier alpha value is -2.67. The Balaban J connectivity index is 1.40. The largest absolute Gasteiger partial charge is 0.324 e. The molecular weight excluding hydrogens is 357 g/mol. The Morgan fingerprint density at radius 3 is 2.62 bits per heavy atom. The molecule has 0 aliphatic carbocycles. The molecule has 1 aliphatic heterocycles. The molecule has 2 amide bonds. The second-order valence-electron chi connectivity index (χ2n) is 6.32. The van der Waals surface area contributed by atoms with Crippen LogP contribution in [-0.4, -0.2) is 39.0 Å². The number of rotatable bonds is 2. The first-order valence-electron chi connectivity index (χ1n) is 8.42. The molecule has 2 aromatic carbocycles. The zero-order chi connectivity index (χ0) is 18.1. The van der Waals surface area contributed by atoms with Crippen molar-refractivity contribution in [1.82, 2.24) is 19.9 Å². The summed E-state index contributed by atoms with van der Waals surface area (Å²) in [4.78, 5) is 14.2. The summed E-state index contributed by atoms with van der Waals surface area (Å²) in [5, 5.41) is 11.7. The van der Waals surface area contributed by atoms with Crippen LogP contribution in [-0.2, 0) is 0 Å². The number of nitrogens with one attached hydrogen (secondary N) is 1. The number of carbonyl (C=O) groups excluding carboxylic acids is 1. The van der Waals surface area contributed by atoms with Crippen molar-refractivity contribution < 1.29 is 9.18 Å². The molecule has 0 bridgehead atoms. The molecule has 1 saturated heterocycles. The van der Waals surface area contributed by atoms with Gasteiger partial charge in [0.1, 0.15) is 11.3 Å². The van der Waals surface area contributed by atoms with E-state index in [9.17, 15) is 9.18 Å². The molecule has 6 nitrogen and oxygen atoms in total. The Morgan fingerprint density at radius 1 is 1.15 bits per heavy atom. The molecule has 0 unspecified atom stereocenters. The first-order chi connectivity index (χ1) is 12.6. The Labute approximate surface area is 154 Å². The molecule has 26 heavy (non-hydrogen) atoms. The van der Waals surface area contributed by atoms with Gasteiger partial charge < -0.3 is 10.2 Å². The highest BCUT2D eigenvalue weighted by atomic mass is 35.5. The number of hydrogen-bond acceptors (Lipinski definition) is 3. The van der Waals surface area contributed by atoms with Crippen LogP contribution in [0.1, 0.15) is 18.9 Å². The van der Waals surface area contributed by atoms with E-state index in [0.29, 0.717) is 29.3 Å². The number of amides is 2. The minimum atomic E-state index is -0.321. The molecule has 1 N–H and O–H groups in total. The van der Waals surface area contributed by atoms with Gasteiger partial charge in [-0.05, 0) is 49.2 Å². The molecule has 134 valence electrons. The van der Waals surface area contributed by atoms with Gasteiger partial charge in [0, 0.05) is 29.9 Å². The molecule has 0 radical (unpaired) electrons. The van der Waals surface area contributed by atoms with Crippen LogP contribution in [0.15, 0.2) is 42.5 Å². The monoisotopic (exact) mass is 373 g/mol. The quantitative estimate of drug-likeness (QED) is 0.735. The molecule has 1 aromatic heterocycles. The van der Waals surface area contributed by atoms with Crippen molar-refractivity contribution >= 4 is 34.4 Å². The Kier molecular flexibility index (Phi) is 4.46. The van der Waals surface area contributed by atoms with Crippen LogP contribution in [0.3, 0.4) is 0 Å². The van der Waals surface area contributed by atoms with Gasteiger partial charge in [-0.2, -0.15) is 0 Å². The lowest BCUT2D eigenvalue weighted by Crippen LogP contribution is -2.41. The summed E-state index contributed by atoms with van der Waals surface area (Å²) >= 11 is 5.85. The van der Waals surface area contributed by atoms with Crippen molar-refractivity contribution in [2.24, 2.45) is 0 Å². The summed E-state index contributed by atoms with van der Waals surface area (Å²) < 4.78 is 15.1. The first kappa shape index (κ1) is 16.8. The lowest BCUT2D eigenvalue weighted by molar-refractivity contribution is 0.181. The number of likely N-dealkylation sites (tertiary alicyclic amines) is 1. The lowest BCUT2D eigenvalue weighted by Gasteiger charge is -2.32. The van der Waals surface area contributed by atoms with Gasteiger partial charge in [0.05, 0.1) is 11.6 Å². The number of halogens is 2. The number of urea groups is 1. The van der Waals surface area contributed by atoms with Crippen LogP contribution in [0.2, 0.25) is 5.02 Å². The minimum absolute atomic E-state index is 0.128. The van der Waals surface area contributed by atoms with Crippen molar-refractivity contribution in [3.8, 4) is 0 Å². The number of nitrogens with zero attached hydrogens (tertiary/aromatic N) is 4.